The summed E-state index contributed by atoms with van der Waals surface area (Å²) in [5.74, 6) is 0.704. The molecule has 0 amide bonds. The van der Waals surface area contributed by atoms with Crippen molar-refractivity contribution in [1.29, 1.82) is 0 Å². The van der Waals surface area contributed by atoms with E-state index in [1.165, 1.54) is 20.4 Å². The normalized spacial score (nSPS) is 24.9. The number of β-amino-alcohol motifs (C(OH)–C–C–N with tert-alkyl or cyclic N) is 1. The third-order valence-electron chi connectivity index (χ3n) is 3.22. The number of piperidine rings is 1. The van der Waals surface area contributed by atoms with Gasteiger partial charge in [-0.05, 0) is 26.4 Å². The van der Waals surface area contributed by atoms with Gasteiger partial charge in [0.1, 0.15) is 11.3 Å². The standard InChI is InChI=1S/C12H19N3O3/c1-15-6-4-5-12(16,8-15)10-11(18-3)14-9(17-2)7-13-10/h7,16H,4-6,8H2,1-3H3. The van der Waals surface area contributed by atoms with Gasteiger partial charge in [0.05, 0.1) is 20.4 Å². The zero-order valence-electron chi connectivity index (χ0n) is 11.0. The Morgan fingerprint density at radius 1 is 1.39 bits per heavy atom. The largest absolute Gasteiger partial charge is 0.480 e. The molecule has 1 saturated heterocycles. The summed E-state index contributed by atoms with van der Waals surface area (Å²) < 4.78 is 10.2. The van der Waals surface area contributed by atoms with Gasteiger partial charge in [-0.25, -0.2) is 4.98 Å². The smallest absolute Gasteiger partial charge is 0.241 e. The van der Waals surface area contributed by atoms with Gasteiger partial charge in [-0.15, -0.1) is 0 Å². The van der Waals surface area contributed by atoms with Crippen molar-refractivity contribution in [2.75, 3.05) is 34.4 Å². The van der Waals surface area contributed by atoms with Crippen LogP contribution in [0.25, 0.3) is 0 Å². The summed E-state index contributed by atoms with van der Waals surface area (Å²) in [5, 5.41) is 10.7. The molecule has 0 aromatic carbocycles. The minimum Gasteiger partial charge on any atom is -0.480 e. The quantitative estimate of drug-likeness (QED) is 0.841. The van der Waals surface area contributed by atoms with Crippen LogP contribution in [-0.4, -0.2) is 54.3 Å². The fourth-order valence-corrected chi connectivity index (χ4v) is 2.36. The van der Waals surface area contributed by atoms with E-state index < -0.39 is 5.60 Å². The number of hydrogen-bond acceptors (Lipinski definition) is 6. The van der Waals surface area contributed by atoms with Crippen molar-refractivity contribution in [2.45, 2.75) is 18.4 Å². The van der Waals surface area contributed by atoms with Gasteiger partial charge in [0, 0.05) is 6.54 Å². The highest BCUT2D eigenvalue weighted by atomic mass is 16.5. The highest BCUT2D eigenvalue weighted by molar-refractivity contribution is 5.29. The van der Waals surface area contributed by atoms with Crippen LogP contribution in [0, 0.1) is 0 Å². The maximum absolute atomic E-state index is 10.7. The predicted octanol–water partition coefficient (Wildman–Crippen LogP) is 0.407. The Bertz CT molecular complexity index is 427. The number of aromatic nitrogens is 2. The van der Waals surface area contributed by atoms with E-state index in [0.717, 1.165) is 13.0 Å². The van der Waals surface area contributed by atoms with Gasteiger partial charge in [0.2, 0.25) is 11.8 Å². The van der Waals surface area contributed by atoms with Crippen LogP contribution in [0.2, 0.25) is 0 Å². The summed E-state index contributed by atoms with van der Waals surface area (Å²) in [5.41, 5.74) is -0.519. The summed E-state index contributed by atoms with van der Waals surface area (Å²) in [6.07, 6.45) is 3.09. The van der Waals surface area contributed by atoms with Gasteiger partial charge < -0.3 is 19.5 Å². The van der Waals surface area contributed by atoms with Crippen molar-refractivity contribution in [3.63, 3.8) is 0 Å². The number of likely N-dealkylation sites (tertiary alicyclic amines) is 1. The molecule has 0 bridgehead atoms. The molecule has 1 atom stereocenters. The molecule has 0 spiro atoms. The van der Waals surface area contributed by atoms with Crippen LogP contribution in [0.3, 0.4) is 0 Å². The van der Waals surface area contributed by atoms with E-state index in [0.29, 0.717) is 30.4 Å². The number of methoxy groups -OCH3 is 2. The van der Waals surface area contributed by atoms with E-state index >= 15 is 0 Å². The average molecular weight is 253 g/mol. The molecule has 6 heteroatoms. The van der Waals surface area contributed by atoms with Gasteiger partial charge in [-0.3, -0.25) is 0 Å². The van der Waals surface area contributed by atoms with Gasteiger partial charge in [0.15, 0.2) is 0 Å². The number of rotatable bonds is 3. The third-order valence-corrected chi connectivity index (χ3v) is 3.22. The lowest BCUT2D eigenvalue weighted by molar-refractivity contribution is -0.0334. The van der Waals surface area contributed by atoms with E-state index in [4.69, 9.17) is 9.47 Å². The number of ether oxygens (including phenoxy) is 2. The highest BCUT2D eigenvalue weighted by Crippen LogP contribution is 2.34. The van der Waals surface area contributed by atoms with Crippen molar-refractivity contribution in [2.24, 2.45) is 0 Å². The Balaban J connectivity index is 2.36. The molecule has 1 N–H and O–H groups in total. The molecule has 1 aliphatic rings. The predicted molar refractivity (Wildman–Crippen MR) is 65.8 cm³/mol. The molecule has 1 aromatic heterocycles. The summed E-state index contributed by atoms with van der Waals surface area (Å²) >= 11 is 0. The molecule has 100 valence electrons. The lowest BCUT2D eigenvalue weighted by atomic mass is 9.89. The molecule has 2 heterocycles. The first-order chi connectivity index (χ1) is 8.59. The molecule has 1 aromatic rings. The van der Waals surface area contributed by atoms with E-state index in [1.807, 2.05) is 7.05 Å². The van der Waals surface area contributed by atoms with Gasteiger partial charge in [0.25, 0.3) is 0 Å². The van der Waals surface area contributed by atoms with E-state index in [1.54, 1.807) is 0 Å². The number of likely N-dealkylation sites (N-methyl/N-ethyl adjacent to an activating group) is 1. The Hall–Kier alpha value is -1.40. The fraction of sp³-hybridized carbons (Fsp3) is 0.667. The number of aliphatic hydroxyl groups is 1. The lowest BCUT2D eigenvalue weighted by Crippen LogP contribution is -2.45. The van der Waals surface area contributed by atoms with Crippen molar-refractivity contribution >= 4 is 0 Å². The van der Waals surface area contributed by atoms with Gasteiger partial charge >= 0.3 is 0 Å². The number of hydrogen-bond donors (Lipinski definition) is 1. The minimum atomic E-state index is -1.00. The van der Waals surface area contributed by atoms with E-state index in [2.05, 4.69) is 14.9 Å². The number of nitrogens with zero attached hydrogens (tertiary/aromatic N) is 3. The molecule has 2 rings (SSSR count). The second kappa shape index (κ2) is 5.07. The Labute approximate surface area is 107 Å². The van der Waals surface area contributed by atoms with E-state index in [9.17, 15) is 5.11 Å². The average Bonchev–Trinajstić information content (AvgIpc) is 2.37. The first-order valence-electron chi connectivity index (χ1n) is 5.95. The first kappa shape index (κ1) is 13.0. The zero-order chi connectivity index (χ0) is 13.2. The third kappa shape index (κ3) is 2.39. The second-order valence-electron chi connectivity index (χ2n) is 4.64. The van der Waals surface area contributed by atoms with Crippen molar-refractivity contribution in [3.05, 3.63) is 11.9 Å². The summed E-state index contributed by atoms with van der Waals surface area (Å²) in [6.45, 7) is 1.51. The van der Waals surface area contributed by atoms with E-state index in [-0.39, 0.29) is 0 Å². The SMILES string of the molecule is COc1cnc(C2(O)CCCN(C)C2)c(OC)n1. The fourth-order valence-electron chi connectivity index (χ4n) is 2.36. The van der Waals surface area contributed by atoms with Crippen LogP contribution in [-0.2, 0) is 5.60 Å². The molecular formula is C12H19N3O3. The molecule has 1 aliphatic heterocycles. The highest BCUT2D eigenvalue weighted by Gasteiger charge is 2.38. The first-order valence-corrected chi connectivity index (χ1v) is 5.95. The molecule has 0 aliphatic carbocycles. The van der Waals surface area contributed by atoms with Crippen molar-refractivity contribution in [3.8, 4) is 11.8 Å². The lowest BCUT2D eigenvalue weighted by Gasteiger charge is -2.37. The summed E-state index contributed by atoms with van der Waals surface area (Å²) in [4.78, 5) is 10.5. The van der Waals surface area contributed by atoms with Gasteiger partial charge in [-0.2, -0.15) is 4.98 Å². The molecule has 18 heavy (non-hydrogen) atoms. The second-order valence-corrected chi connectivity index (χ2v) is 4.64. The minimum absolute atomic E-state index is 0.326. The summed E-state index contributed by atoms with van der Waals surface area (Å²) in [6, 6.07) is 0. The van der Waals surface area contributed by atoms with Crippen LogP contribution in [0.15, 0.2) is 6.20 Å². The van der Waals surface area contributed by atoms with Crippen LogP contribution < -0.4 is 9.47 Å². The van der Waals surface area contributed by atoms with Crippen LogP contribution in [0.5, 0.6) is 11.8 Å². The Morgan fingerprint density at radius 2 is 2.17 bits per heavy atom. The zero-order valence-corrected chi connectivity index (χ0v) is 11.0. The topological polar surface area (TPSA) is 67.7 Å². The summed E-state index contributed by atoms with van der Waals surface area (Å²) in [7, 11) is 5.02. The maximum Gasteiger partial charge on any atom is 0.241 e. The molecular weight excluding hydrogens is 234 g/mol. The Kier molecular flexibility index (Phi) is 3.68. The molecule has 0 saturated carbocycles. The molecule has 1 unspecified atom stereocenters. The monoisotopic (exact) mass is 253 g/mol. The van der Waals surface area contributed by atoms with Gasteiger partial charge in [-0.1, -0.05) is 0 Å². The van der Waals surface area contributed by atoms with Crippen LogP contribution in [0.1, 0.15) is 18.5 Å². The molecule has 6 nitrogen and oxygen atoms in total. The van der Waals surface area contributed by atoms with Crippen LogP contribution >= 0.6 is 0 Å². The van der Waals surface area contributed by atoms with Crippen molar-refractivity contribution < 1.29 is 14.6 Å². The van der Waals surface area contributed by atoms with Crippen molar-refractivity contribution in [1.82, 2.24) is 14.9 Å². The molecule has 1 fully saturated rings. The van der Waals surface area contributed by atoms with Crippen LogP contribution in [0.4, 0.5) is 0 Å². The maximum atomic E-state index is 10.7. The molecule has 0 radical (unpaired) electrons. The Morgan fingerprint density at radius 3 is 2.78 bits per heavy atom.